The second-order valence-electron chi connectivity index (χ2n) is 3.87. The van der Waals surface area contributed by atoms with E-state index in [9.17, 15) is 4.39 Å². The summed E-state index contributed by atoms with van der Waals surface area (Å²) < 4.78 is 13.7. The van der Waals surface area contributed by atoms with Gasteiger partial charge in [0.05, 0.1) is 0 Å². The zero-order chi connectivity index (χ0) is 12.3. The Kier molecular flexibility index (Phi) is 3.86. The minimum absolute atomic E-state index is 0.147. The van der Waals surface area contributed by atoms with Crippen molar-refractivity contribution >= 4 is 15.9 Å². The normalized spacial score (nSPS) is 12.4. The van der Waals surface area contributed by atoms with E-state index in [0.29, 0.717) is 6.42 Å². The number of halogens is 2. The first-order chi connectivity index (χ1) is 8.15. The second kappa shape index (κ2) is 5.38. The van der Waals surface area contributed by atoms with Crippen molar-refractivity contribution in [2.24, 2.45) is 5.73 Å². The van der Waals surface area contributed by atoms with Crippen LogP contribution in [-0.4, -0.2) is 4.98 Å². The van der Waals surface area contributed by atoms with Crippen molar-refractivity contribution < 1.29 is 4.39 Å². The maximum absolute atomic E-state index is 12.8. The Labute approximate surface area is 108 Å². The van der Waals surface area contributed by atoms with Crippen LogP contribution in [0.2, 0.25) is 0 Å². The van der Waals surface area contributed by atoms with Gasteiger partial charge in [-0.3, -0.25) is 4.98 Å². The van der Waals surface area contributed by atoms with E-state index in [-0.39, 0.29) is 11.9 Å². The first kappa shape index (κ1) is 12.2. The summed E-state index contributed by atoms with van der Waals surface area (Å²) in [6.07, 6.45) is 4.19. The summed E-state index contributed by atoms with van der Waals surface area (Å²) in [4.78, 5) is 4.08. The van der Waals surface area contributed by atoms with Crippen molar-refractivity contribution in [3.05, 3.63) is 64.1 Å². The molecule has 0 fully saturated rings. The van der Waals surface area contributed by atoms with Crippen LogP contribution in [0.4, 0.5) is 4.39 Å². The lowest BCUT2D eigenvalue weighted by molar-refractivity contribution is 0.624. The molecular formula is C13H12BrFN2. The smallest absolute Gasteiger partial charge is 0.123 e. The van der Waals surface area contributed by atoms with Crippen LogP contribution in [0.15, 0.2) is 47.2 Å². The molecule has 1 unspecified atom stereocenters. The fourth-order valence-corrected chi connectivity index (χ4v) is 2.06. The van der Waals surface area contributed by atoms with Gasteiger partial charge in [0, 0.05) is 22.9 Å². The summed E-state index contributed by atoms with van der Waals surface area (Å²) in [5.41, 5.74) is 8.04. The monoisotopic (exact) mass is 294 g/mol. The predicted octanol–water partition coefficient (Wildman–Crippen LogP) is 3.23. The number of rotatable bonds is 3. The molecule has 2 N–H and O–H groups in total. The lowest BCUT2D eigenvalue weighted by Gasteiger charge is -2.12. The minimum Gasteiger partial charge on any atom is -0.324 e. The van der Waals surface area contributed by atoms with E-state index in [0.717, 1.165) is 15.6 Å². The maximum atomic E-state index is 12.8. The first-order valence-corrected chi connectivity index (χ1v) is 6.05. The van der Waals surface area contributed by atoms with E-state index in [2.05, 4.69) is 20.9 Å². The molecule has 2 nitrogen and oxygen atoms in total. The van der Waals surface area contributed by atoms with Gasteiger partial charge in [-0.1, -0.05) is 12.1 Å². The molecule has 0 aliphatic rings. The summed E-state index contributed by atoms with van der Waals surface area (Å²) in [6, 6.07) is 8.11. The van der Waals surface area contributed by atoms with Crippen LogP contribution in [0, 0.1) is 5.82 Å². The molecule has 0 amide bonds. The maximum Gasteiger partial charge on any atom is 0.123 e. The highest BCUT2D eigenvalue weighted by molar-refractivity contribution is 9.10. The highest BCUT2D eigenvalue weighted by atomic mass is 79.9. The average molecular weight is 295 g/mol. The van der Waals surface area contributed by atoms with Gasteiger partial charge in [-0.2, -0.15) is 0 Å². The molecule has 0 saturated carbocycles. The first-order valence-electron chi connectivity index (χ1n) is 5.25. The lowest BCUT2D eigenvalue weighted by atomic mass is 10.0. The van der Waals surface area contributed by atoms with Gasteiger partial charge >= 0.3 is 0 Å². The number of nitrogens with two attached hydrogens (primary N) is 1. The van der Waals surface area contributed by atoms with Crippen molar-refractivity contribution in [2.75, 3.05) is 0 Å². The van der Waals surface area contributed by atoms with Gasteiger partial charge in [0.15, 0.2) is 0 Å². The molecular weight excluding hydrogens is 283 g/mol. The number of nitrogens with zero attached hydrogens (tertiary/aromatic N) is 1. The summed E-state index contributed by atoms with van der Waals surface area (Å²) in [7, 11) is 0. The molecule has 1 atom stereocenters. The Morgan fingerprint density at radius 2 is 1.94 bits per heavy atom. The molecule has 0 aliphatic carbocycles. The van der Waals surface area contributed by atoms with Crippen LogP contribution < -0.4 is 5.73 Å². The Hall–Kier alpha value is -1.26. The van der Waals surface area contributed by atoms with Crippen LogP contribution in [0.25, 0.3) is 0 Å². The van der Waals surface area contributed by atoms with E-state index in [1.807, 2.05) is 6.07 Å². The molecule has 4 heteroatoms. The Balaban J connectivity index is 2.11. The van der Waals surface area contributed by atoms with Crippen LogP contribution in [-0.2, 0) is 6.42 Å². The summed E-state index contributed by atoms with van der Waals surface area (Å²) in [6.45, 7) is 0. The highest BCUT2D eigenvalue weighted by Gasteiger charge is 2.07. The molecule has 2 rings (SSSR count). The molecule has 0 bridgehead atoms. The highest BCUT2D eigenvalue weighted by Crippen LogP contribution is 2.18. The van der Waals surface area contributed by atoms with Crippen molar-refractivity contribution in [2.45, 2.75) is 12.5 Å². The van der Waals surface area contributed by atoms with Crippen molar-refractivity contribution in [1.29, 1.82) is 0 Å². The number of hydrogen-bond acceptors (Lipinski definition) is 2. The fourth-order valence-electron chi connectivity index (χ4n) is 1.65. The van der Waals surface area contributed by atoms with Gasteiger partial charge in [0.25, 0.3) is 0 Å². The SMILES string of the molecule is NC(Cc1cncc(Br)c1)c1ccc(F)cc1. The number of pyridine rings is 1. The van der Waals surface area contributed by atoms with Crippen molar-refractivity contribution in [3.63, 3.8) is 0 Å². The predicted molar refractivity (Wildman–Crippen MR) is 69.0 cm³/mol. The molecule has 0 aliphatic heterocycles. The third-order valence-corrected chi connectivity index (χ3v) is 2.95. The van der Waals surface area contributed by atoms with Gasteiger partial charge in [-0.25, -0.2) is 4.39 Å². The fraction of sp³-hybridized carbons (Fsp3) is 0.154. The summed E-state index contributed by atoms with van der Waals surface area (Å²) >= 11 is 3.36. The van der Waals surface area contributed by atoms with E-state index in [4.69, 9.17) is 5.73 Å². The van der Waals surface area contributed by atoms with E-state index < -0.39 is 0 Å². The van der Waals surface area contributed by atoms with Crippen molar-refractivity contribution in [1.82, 2.24) is 4.98 Å². The standard InChI is InChI=1S/C13H12BrFN2/c14-11-5-9(7-17-8-11)6-13(16)10-1-3-12(15)4-2-10/h1-5,7-8,13H,6,16H2. The summed E-state index contributed by atoms with van der Waals surface area (Å²) in [5.74, 6) is -0.245. The third-order valence-electron chi connectivity index (χ3n) is 2.52. The Bertz CT molecular complexity index is 499. The second-order valence-corrected chi connectivity index (χ2v) is 4.79. The van der Waals surface area contributed by atoms with Crippen LogP contribution >= 0.6 is 15.9 Å². The molecule has 1 heterocycles. The van der Waals surface area contributed by atoms with Crippen molar-refractivity contribution in [3.8, 4) is 0 Å². The van der Waals surface area contributed by atoms with Crippen LogP contribution in [0.5, 0.6) is 0 Å². The number of hydrogen-bond donors (Lipinski definition) is 1. The van der Waals surface area contributed by atoms with Crippen LogP contribution in [0.3, 0.4) is 0 Å². The quantitative estimate of drug-likeness (QED) is 0.944. The topological polar surface area (TPSA) is 38.9 Å². The zero-order valence-electron chi connectivity index (χ0n) is 9.11. The van der Waals surface area contributed by atoms with Gasteiger partial charge in [0.1, 0.15) is 5.82 Å². The molecule has 1 aromatic heterocycles. The van der Waals surface area contributed by atoms with Crippen LogP contribution in [0.1, 0.15) is 17.2 Å². The van der Waals surface area contributed by atoms with Gasteiger partial charge in [-0.05, 0) is 51.7 Å². The Morgan fingerprint density at radius 1 is 1.24 bits per heavy atom. The molecule has 0 radical (unpaired) electrons. The average Bonchev–Trinajstić information content (AvgIpc) is 2.29. The molecule has 0 saturated heterocycles. The van der Waals surface area contributed by atoms with E-state index >= 15 is 0 Å². The molecule has 88 valence electrons. The molecule has 0 spiro atoms. The number of aromatic nitrogens is 1. The third kappa shape index (κ3) is 3.35. The zero-order valence-corrected chi connectivity index (χ0v) is 10.7. The van der Waals surface area contributed by atoms with Gasteiger partial charge < -0.3 is 5.73 Å². The van der Waals surface area contributed by atoms with Gasteiger partial charge in [0.2, 0.25) is 0 Å². The van der Waals surface area contributed by atoms with E-state index in [1.165, 1.54) is 12.1 Å². The summed E-state index contributed by atoms with van der Waals surface area (Å²) in [5, 5.41) is 0. The van der Waals surface area contributed by atoms with E-state index in [1.54, 1.807) is 24.5 Å². The lowest BCUT2D eigenvalue weighted by Crippen LogP contribution is -2.13. The molecule has 1 aromatic carbocycles. The molecule has 17 heavy (non-hydrogen) atoms. The van der Waals surface area contributed by atoms with Gasteiger partial charge in [-0.15, -0.1) is 0 Å². The Morgan fingerprint density at radius 3 is 2.59 bits per heavy atom. The largest absolute Gasteiger partial charge is 0.324 e. The minimum atomic E-state index is -0.245. The molecule has 2 aromatic rings. The number of benzene rings is 1.